The number of rotatable bonds is 25. The number of carbonyl (C=O) groups is 3. The van der Waals surface area contributed by atoms with Crippen molar-refractivity contribution in [3.8, 4) is 0 Å². The van der Waals surface area contributed by atoms with Crippen LogP contribution in [0.1, 0.15) is 148 Å². The fourth-order valence-electron chi connectivity index (χ4n) is 4.78. The predicted molar refractivity (Wildman–Crippen MR) is 163 cm³/mol. The van der Waals surface area contributed by atoms with Gasteiger partial charge in [0.05, 0.1) is 6.42 Å². The van der Waals surface area contributed by atoms with E-state index in [0.29, 0.717) is 12.8 Å². The van der Waals surface area contributed by atoms with Crippen LogP contribution in [-0.2, 0) is 30.5 Å². The van der Waals surface area contributed by atoms with Gasteiger partial charge < -0.3 is 14.8 Å². The highest BCUT2D eigenvalue weighted by Gasteiger charge is 2.22. The summed E-state index contributed by atoms with van der Waals surface area (Å²) in [6.07, 6.45) is 19.5. The summed E-state index contributed by atoms with van der Waals surface area (Å²) in [4.78, 5) is 37.7. The largest absolute Gasteiger partial charge is 0.462 e. The van der Waals surface area contributed by atoms with Crippen LogP contribution in [0.3, 0.4) is 0 Å². The molecule has 0 saturated carbocycles. The molecule has 228 valence electrons. The van der Waals surface area contributed by atoms with Crippen LogP contribution < -0.4 is 5.32 Å². The topological polar surface area (TPSA) is 81.7 Å². The quantitative estimate of drug-likeness (QED) is 0.0958. The van der Waals surface area contributed by atoms with Crippen molar-refractivity contribution in [3.63, 3.8) is 0 Å². The summed E-state index contributed by atoms with van der Waals surface area (Å²) in [6.45, 7) is 6.22. The molecule has 0 aliphatic heterocycles. The second kappa shape index (κ2) is 24.4. The summed E-state index contributed by atoms with van der Waals surface area (Å²) in [5, 5.41) is 2.73. The minimum Gasteiger partial charge on any atom is -0.462 e. The molecule has 1 amide bonds. The van der Waals surface area contributed by atoms with E-state index in [1.54, 1.807) is 6.92 Å². The molecule has 0 fully saturated rings. The van der Waals surface area contributed by atoms with Gasteiger partial charge in [-0.2, -0.15) is 0 Å². The Bertz CT molecular complexity index is 782. The van der Waals surface area contributed by atoms with Gasteiger partial charge in [-0.15, -0.1) is 0 Å². The van der Waals surface area contributed by atoms with Gasteiger partial charge in [0.1, 0.15) is 18.8 Å². The van der Waals surface area contributed by atoms with Gasteiger partial charge in [0.25, 0.3) is 0 Å². The lowest BCUT2D eigenvalue weighted by Crippen LogP contribution is -2.41. The molecule has 1 rings (SSSR count). The van der Waals surface area contributed by atoms with E-state index in [4.69, 9.17) is 9.47 Å². The third-order valence-corrected chi connectivity index (χ3v) is 7.28. The molecule has 0 radical (unpaired) electrons. The van der Waals surface area contributed by atoms with Crippen LogP contribution in [0.25, 0.3) is 0 Å². The zero-order chi connectivity index (χ0) is 29.3. The number of esters is 2. The standard InChI is InChI=1S/C34H57NO5/c1-4-6-8-10-12-13-15-16-21-25-31(40-33(37)26-22-17-14-11-9-7-5-2)27-32(36)35-29(3)34(38)39-28-30-23-19-18-20-24-30/h18-20,23-24,29,31H,4-17,21-22,25-28H2,1-3H3,(H,35,36)/t29-,31-/m1/s1. The van der Waals surface area contributed by atoms with E-state index in [-0.39, 0.29) is 24.9 Å². The Balaban J connectivity index is 2.44. The van der Waals surface area contributed by atoms with Gasteiger partial charge in [-0.3, -0.25) is 9.59 Å². The van der Waals surface area contributed by atoms with Gasteiger partial charge >= 0.3 is 11.9 Å². The van der Waals surface area contributed by atoms with E-state index in [1.165, 1.54) is 70.6 Å². The first kappa shape index (κ1) is 35.7. The third-order valence-electron chi connectivity index (χ3n) is 7.28. The molecule has 6 nitrogen and oxygen atoms in total. The highest BCUT2D eigenvalue weighted by atomic mass is 16.5. The number of unbranched alkanes of at least 4 members (excludes halogenated alkanes) is 14. The molecule has 40 heavy (non-hydrogen) atoms. The van der Waals surface area contributed by atoms with Gasteiger partial charge in [-0.1, -0.05) is 134 Å². The van der Waals surface area contributed by atoms with Crippen molar-refractivity contribution in [2.75, 3.05) is 0 Å². The smallest absolute Gasteiger partial charge is 0.328 e. The first-order valence-corrected chi connectivity index (χ1v) is 16.2. The molecule has 2 atom stereocenters. The number of hydrogen-bond donors (Lipinski definition) is 1. The average Bonchev–Trinajstić information content (AvgIpc) is 2.94. The summed E-state index contributed by atoms with van der Waals surface area (Å²) in [7, 11) is 0. The fourth-order valence-corrected chi connectivity index (χ4v) is 4.78. The van der Waals surface area contributed by atoms with E-state index < -0.39 is 18.1 Å². The molecule has 0 bridgehead atoms. The minimum absolute atomic E-state index is 0.0656. The van der Waals surface area contributed by atoms with Crippen LogP contribution in [0, 0.1) is 0 Å². The highest BCUT2D eigenvalue weighted by Crippen LogP contribution is 2.16. The van der Waals surface area contributed by atoms with E-state index >= 15 is 0 Å². The zero-order valence-electron chi connectivity index (χ0n) is 25.7. The second-order valence-electron chi connectivity index (χ2n) is 11.2. The van der Waals surface area contributed by atoms with Crippen molar-refractivity contribution in [2.24, 2.45) is 0 Å². The Hall–Kier alpha value is -2.37. The lowest BCUT2D eigenvalue weighted by Gasteiger charge is -2.19. The molecule has 1 N–H and O–H groups in total. The maximum Gasteiger partial charge on any atom is 0.328 e. The van der Waals surface area contributed by atoms with E-state index in [0.717, 1.165) is 37.7 Å². The maximum atomic E-state index is 12.8. The van der Waals surface area contributed by atoms with Crippen molar-refractivity contribution in [1.29, 1.82) is 0 Å². The van der Waals surface area contributed by atoms with Crippen LogP contribution in [0.15, 0.2) is 30.3 Å². The van der Waals surface area contributed by atoms with Crippen LogP contribution >= 0.6 is 0 Å². The molecule has 0 spiro atoms. The molecule has 0 saturated heterocycles. The summed E-state index contributed by atoms with van der Waals surface area (Å²) in [5.74, 6) is -1.00. The van der Waals surface area contributed by atoms with Crippen molar-refractivity contribution < 1.29 is 23.9 Å². The molecule has 1 aromatic carbocycles. The highest BCUT2D eigenvalue weighted by molar-refractivity contribution is 5.84. The lowest BCUT2D eigenvalue weighted by molar-refractivity contribution is -0.153. The van der Waals surface area contributed by atoms with Crippen molar-refractivity contribution in [3.05, 3.63) is 35.9 Å². The monoisotopic (exact) mass is 559 g/mol. The summed E-state index contributed by atoms with van der Waals surface area (Å²) >= 11 is 0. The van der Waals surface area contributed by atoms with Crippen molar-refractivity contribution in [2.45, 2.75) is 162 Å². The summed E-state index contributed by atoms with van der Waals surface area (Å²) < 4.78 is 11.1. The Morgan fingerprint density at radius 2 is 1.25 bits per heavy atom. The summed E-state index contributed by atoms with van der Waals surface area (Å²) in [5.41, 5.74) is 0.892. The van der Waals surface area contributed by atoms with Crippen LogP contribution in [-0.4, -0.2) is 30.0 Å². The van der Waals surface area contributed by atoms with Crippen LogP contribution in [0.5, 0.6) is 0 Å². The Morgan fingerprint density at radius 1 is 0.725 bits per heavy atom. The molecule has 0 unspecified atom stereocenters. The molecule has 1 aromatic rings. The van der Waals surface area contributed by atoms with Crippen molar-refractivity contribution >= 4 is 17.8 Å². The third kappa shape index (κ3) is 19.7. The van der Waals surface area contributed by atoms with Gasteiger partial charge in [0, 0.05) is 6.42 Å². The second-order valence-corrected chi connectivity index (χ2v) is 11.2. The zero-order valence-corrected chi connectivity index (χ0v) is 25.7. The average molecular weight is 560 g/mol. The SMILES string of the molecule is CCCCCCCCCCC[C@H](CC(=O)N[C@H](C)C(=O)OCc1ccccc1)OC(=O)CCCCCCCCC. The van der Waals surface area contributed by atoms with E-state index in [9.17, 15) is 14.4 Å². The fraction of sp³-hybridized carbons (Fsp3) is 0.735. The Labute approximate surface area is 244 Å². The number of benzene rings is 1. The molecular formula is C34H57NO5. The van der Waals surface area contributed by atoms with Gasteiger partial charge in [-0.25, -0.2) is 4.79 Å². The molecule has 0 heterocycles. The van der Waals surface area contributed by atoms with Gasteiger partial charge in [-0.05, 0) is 31.7 Å². The van der Waals surface area contributed by atoms with E-state index in [1.807, 2.05) is 30.3 Å². The first-order valence-electron chi connectivity index (χ1n) is 16.2. The molecule has 0 aliphatic carbocycles. The van der Waals surface area contributed by atoms with E-state index in [2.05, 4.69) is 19.2 Å². The number of nitrogens with one attached hydrogen (secondary N) is 1. The number of amides is 1. The maximum absolute atomic E-state index is 12.8. The normalized spacial score (nSPS) is 12.5. The Kier molecular flexibility index (Phi) is 21.8. The molecule has 0 aromatic heterocycles. The number of ether oxygens (including phenoxy) is 2. The lowest BCUT2D eigenvalue weighted by atomic mass is 10.0. The first-order chi connectivity index (χ1) is 19.5. The molecular weight excluding hydrogens is 502 g/mol. The van der Waals surface area contributed by atoms with Crippen LogP contribution in [0.4, 0.5) is 0 Å². The molecule has 0 aliphatic rings. The number of hydrogen-bond acceptors (Lipinski definition) is 5. The van der Waals surface area contributed by atoms with Gasteiger partial charge in [0.2, 0.25) is 5.91 Å². The molecule has 6 heteroatoms. The number of carbonyl (C=O) groups excluding carboxylic acids is 3. The minimum atomic E-state index is -0.770. The van der Waals surface area contributed by atoms with Gasteiger partial charge in [0.15, 0.2) is 0 Å². The van der Waals surface area contributed by atoms with Crippen LogP contribution in [0.2, 0.25) is 0 Å². The predicted octanol–water partition coefficient (Wildman–Crippen LogP) is 8.60. The van der Waals surface area contributed by atoms with Crippen molar-refractivity contribution in [1.82, 2.24) is 5.32 Å². The summed E-state index contributed by atoms with van der Waals surface area (Å²) in [6, 6.07) is 8.67. The Morgan fingerprint density at radius 3 is 1.82 bits per heavy atom.